The molecule has 136 valence electrons. The highest BCUT2D eigenvalue weighted by Crippen LogP contribution is 2.29. The highest BCUT2D eigenvalue weighted by Gasteiger charge is 2.36. The van der Waals surface area contributed by atoms with Gasteiger partial charge in [-0.2, -0.15) is 4.98 Å². The third-order valence-electron chi connectivity index (χ3n) is 4.89. The van der Waals surface area contributed by atoms with E-state index in [1.165, 1.54) is 11.1 Å². The number of ether oxygens (including phenoxy) is 1. The third-order valence-corrected chi connectivity index (χ3v) is 7.48. The molecule has 0 aliphatic carbocycles. The van der Waals surface area contributed by atoms with Crippen molar-refractivity contribution in [2.24, 2.45) is 0 Å². The van der Waals surface area contributed by atoms with Crippen molar-refractivity contribution < 1.29 is 17.7 Å². The first kappa shape index (κ1) is 18.1. The zero-order valence-electron chi connectivity index (χ0n) is 14.9. The van der Waals surface area contributed by atoms with E-state index in [1.807, 2.05) is 6.07 Å². The van der Waals surface area contributed by atoms with Gasteiger partial charge in [0.2, 0.25) is 5.89 Å². The van der Waals surface area contributed by atoms with E-state index >= 15 is 0 Å². The van der Waals surface area contributed by atoms with Gasteiger partial charge in [-0.25, -0.2) is 8.42 Å². The summed E-state index contributed by atoms with van der Waals surface area (Å²) in [7, 11) is -3.36. The second-order valence-corrected chi connectivity index (χ2v) is 9.24. The lowest BCUT2D eigenvalue weighted by atomic mass is 10.0. The van der Waals surface area contributed by atoms with Gasteiger partial charge in [0.05, 0.1) is 5.25 Å². The molecule has 0 radical (unpaired) electrons. The molecule has 0 bridgehead atoms. The summed E-state index contributed by atoms with van der Waals surface area (Å²) in [5.41, 5.74) is 3.51. The quantitative estimate of drug-likeness (QED) is 0.811. The molecule has 1 atom stereocenters. The fourth-order valence-electron chi connectivity index (χ4n) is 3.03. The van der Waals surface area contributed by atoms with E-state index in [-0.39, 0.29) is 5.89 Å². The molecule has 0 spiro atoms. The van der Waals surface area contributed by atoms with Crippen molar-refractivity contribution in [2.45, 2.75) is 50.5 Å². The van der Waals surface area contributed by atoms with Gasteiger partial charge in [0.15, 0.2) is 15.7 Å². The van der Waals surface area contributed by atoms with E-state index in [9.17, 15) is 8.42 Å². The van der Waals surface area contributed by atoms with Gasteiger partial charge in [0, 0.05) is 19.6 Å². The highest BCUT2D eigenvalue weighted by molar-refractivity contribution is 7.92. The molecular weight excluding hydrogens is 340 g/mol. The number of rotatable bonds is 5. The molecule has 2 heterocycles. The van der Waals surface area contributed by atoms with Crippen LogP contribution in [0.5, 0.6) is 0 Å². The minimum atomic E-state index is -3.36. The molecule has 1 fully saturated rings. The normalized spacial score (nSPS) is 17.6. The minimum Gasteiger partial charge on any atom is -0.381 e. The van der Waals surface area contributed by atoms with Crippen LogP contribution in [0, 0.1) is 13.8 Å². The highest BCUT2D eigenvalue weighted by atomic mass is 32.2. The lowest BCUT2D eigenvalue weighted by molar-refractivity contribution is 0.0981. The average Bonchev–Trinajstić information content (AvgIpc) is 3.06. The molecule has 7 heteroatoms. The third kappa shape index (κ3) is 3.93. The molecule has 6 nitrogen and oxygen atoms in total. The predicted molar refractivity (Wildman–Crippen MR) is 94.2 cm³/mol. The van der Waals surface area contributed by atoms with E-state index < -0.39 is 20.3 Å². The first-order valence-electron chi connectivity index (χ1n) is 8.57. The number of hydrogen-bond donors (Lipinski definition) is 0. The topological polar surface area (TPSA) is 82.3 Å². The van der Waals surface area contributed by atoms with Gasteiger partial charge in [0.25, 0.3) is 0 Å². The van der Waals surface area contributed by atoms with E-state index in [4.69, 9.17) is 9.26 Å². The first-order chi connectivity index (χ1) is 11.9. The maximum absolute atomic E-state index is 12.8. The number of benzene rings is 1. The number of hydrogen-bond acceptors (Lipinski definition) is 6. The van der Waals surface area contributed by atoms with Gasteiger partial charge in [0.1, 0.15) is 5.25 Å². The Morgan fingerprint density at radius 1 is 1.20 bits per heavy atom. The van der Waals surface area contributed by atoms with Gasteiger partial charge < -0.3 is 9.26 Å². The van der Waals surface area contributed by atoms with Crippen LogP contribution in [0.15, 0.2) is 22.7 Å². The zero-order valence-corrected chi connectivity index (χ0v) is 15.7. The van der Waals surface area contributed by atoms with E-state index in [1.54, 1.807) is 6.92 Å². The molecule has 2 aromatic rings. The van der Waals surface area contributed by atoms with E-state index in [0.29, 0.717) is 38.3 Å². The van der Waals surface area contributed by atoms with Crippen LogP contribution in [0.1, 0.15) is 53.4 Å². The summed E-state index contributed by atoms with van der Waals surface area (Å²) in [6.07, 6.45) is 1.57. The van der Waals surface area contributed by atoms with Crippen molar-refractivity contribution in [3.05, 3.63) is 46.6 Å². The summed E-state index contributed by atoms with van der Waals surface area (Å²) in [5.74, 6) is 0.678. The first-order valence-corrected chi connectivity index (χ1v) is 10.2. The van der Waals surface area contributed by atoms with Gasteiger partial charge in [-0.1, -0.05) is 23.4 Å². The van der Waals surface area contributed by atoms with Crippen LogP contribution in [0.4, 0.5) is 0 Å². The average molecular weight is 364 g/mol. The minimum absolute atomic E-state index is 0.172. The predicted octanol–water partition coefficient (Wildman–Crippen LogP) is 2.93. The van der Waals surface area contributed by atoms with Gasteiger partial charge in [-0.05, 0) is 50.3 Å². The van der Waals surface area contributed by atoms with Gasteiger partial charge in [-0.15, -0.1) is 0 Å². The Kier molecular flexibility index (Phi) is 5.24. The molecule has 0 saturated carbocycles. The zero-order chi connectivity index (χ0) is 18.0. The number of aromatic nitrogens is 2. The van der Waals surface area contributed by atoms with Crippen LogP contribution in [0.3, 0.4) is 0 Å². The Morgan fingerprint density at radius 2 is 1.92 bits per heavy atom. The molecule has 1 aliphatic rings. The smallest absolute Gasteiger partial charge is 0.244 e. The Labute approximate surface area is 148 Å². The van der Waals surface area contributed by atoms with Crippen LogP contribution in [0.25, 0.3) is 0 Å². The summed E-state index contributed by atoms with van der Waals surface area (Å²) < 4.78 is 36.0. The summed E-state index contributed by atoms with van der Waals surface area (Å²) in [6, 6.07) is 6.18. The van der Waals surface area contributed by atoms with Crippen LogP contribution >= 0.6 is 0 Å². The Morgan fingerprint density at radius 3 is 2.60 bits per heavy atom. The second kappa shape index (κ2) is 7.25. The maximum Gasteiger partial charge on any atom is 0.244 e. The van der Waals surface area contributed by atoms with Gasteiger partial charge >= 0.3 is 0 Å². The second-order valence-electron chi connectivity index (χ2n) is 6.69. The van der Waals surface area contributed by atoms with Crippen molar-refractivity contribution in [1.29, 1.82) is 0 Å². The molecule has 1 unspecified atom stereocenters. The summed E-state index contributed by atoms with van der Waals surface area (Å²) in [4.78, 5) is 4.33. The molecule has 0 N–H and O–H groups in total. The lowest BCUT2D eigenvalue weighted by Gasteiger charge is -2.23. The Hall–Kier alpha value is -1.73. The van der Waals surface area contributed by atoms with Crippen LogP contribution in [0.2, 0.25) is 0 Å². The molecule has 1 aromatic heterocycles. The molecule has 25 heavy (non-hydrogen) atoms. The van der Waals surface area contributed by atoms with Gasteiger partial charge in [-0.3, -0.25) is 0 Å². The lowest BCUT2D eigenvalue weighted by Crippen LogP contribution is -2.31. The molecule has 3 rings (SSSR count). The fraction of sp³-hybridized carbons (Fsp3) is 0.556. The van der Waals surface area contributed by atoms with Crippen molar-refractivity contribution in [1.82, 2.24) is 10.1 Å². The standard InChI is InChI=1S/C18H24N2O4S/c1-12-4-5-15(10-13(12)2)11-17-19-18(24-20-17)14(3)25(21,22)16-6-8-23-9-7-16/h4-5,10,14,16H,6-9,11H2,1-3H3. The van der Waals surface area contributed by atoms with Crippen LogP contribution in [-0.4, -0.2) is 37.0 Å². The largest absolute Gasteiger partial charge is 0.381 e. The fourth-order valence-corrected chi connectivity index (χ4v) is 4.84. The molecule has 1 saturated heterocycles. The Bertz CT molecular complexity index is 839. The molecule has 1 aromatic carbocycles. The maximum atomic E-state index is 12.8. The summed E-state index contributed by atoms with van der Waals surface area (Å²) in [5, 5.41) is 2.78. The van der Waals surface area contributed by atoms with Crippen molar-refractivity contribution in [3.63, 3.8) is 0 Å². The molecule has 1 aliphatic heterocycles. The number of sulfone groups is 1. The SMILES string of the molecule is Cc1ccc(Cc2noc(C(C)S(=O)(=O)C3CCOCC3)n2)cc1C. The van der Waals surface area contributed by atoms with Crippen molar-refractivity contribution >= 4 is 9.84 Å². The van der Waals surface area contributed by atoms with E-state index in [0.717, 1.165) is 5.56 Å². The number of nitrogens with zero attached hydrogens (tertiary/aromatic N) is 2. The molecule has 0 amide bonds. The Balaban J connectivity index is 1.74. The van der Waals surface area contributed by atoms with E-state index in [2.05, 4.69) is 36.1 Å². The monoisotopic (exact) mass is 364 g/mol. The van der Waals surface area contributed by atoms with Crippen molar-refractivity contribution in [2.75, 3.05) is 13.2 Å². The summed E-state index contributed by atoms with van der Waals surface area (Å²) >= 11 is 0. The number of aryl methyl sites for hydroxylation is 2. The summed E-state index contributed by atoms with van der Waals surface area (Å²) in [6.45, 7) is 6.71. The van der Waals surface area contributed by atoms with Crippen molar-refractivity contribution in [3.8, 4) is 0 Å². The van der Waals surface area contributed by atoms with Crippen LogP contribution < -0.4 is 0 Å². The van der Waals surface area contributed by atoms with Crippen LogP contribution in [-0.2, 0) is 21.0 Å². The molecular formula is C18H24N2O4S.